The van der Waals surface area contributed by atoms with Crippen LogP contribution in [0, 0.1) is 5.82 Å². The van der Waals surface area contributed by atoms with E-state index in [0.717, 1.165) is 76.3 Å². The first-order chi connectivity index (χ1) is 16.0. The number of likely N-dealkylation sites (N-methyl/N-ethyl adjacent to an activating group) is 1. The van der Waals surface area contributed by atoms with Crippen molar-refractivity contribution in [2.75, 3.05) is 56.1 Å². The predicted molar refractivity (Wildman–Crippen MR) is 138 cm³/mol. The minimum Gasteiger partial charge on any atom is -0.372 e. The third-order valence-electron chi connectivity index (χ3n) is 6.33. The second-order valence-electron chi connectivity index (χ2n) is 8.91. The number of ketones is 1. The van der Waals surface area contributed by atoms with Crippen molar-refractivity contribution in [3.8, 4) is 0 Å². The van der Waals surface area contributed by atoms with Crippen LogP contribution in [0.1, 0.15) is 55.5 Å². The fraction of sp³-hybridized carbons (Fsp3) is 0.464. The standard InChI is InChI=1S/C28H38FN3O/c1-4-6-16-31(17-7-5-2)24-11-8-10-23(22-24)28(33)15-14-25-26(29)12-9-13-27(25)32-20-18-30(3)19-21-32/h8-15,22H,4-7,16-21H2,1-3H3/b15-14+. The highest BCUT2D eigenvalue weighted by atomic mass is 19.1. The Labute approximate surface area is 198 Å². The van der Waals surface area contributed by atoms with Gasteiger partial charge in [-0.15, -0.1) is 0 Å². The van der Waals surface area contributed by atoms with E-state index in [9.17, 15) is 9.18 Å². The lowest BCUT2D eigenvalue weighted by Gasteiger charge is -2.35. The highest BCUT2D eigenvalue weighted by Crippen LogP contribution is 2.26. The topological polar surface area (TPSA) is 26.8 Å². The lowest BCUT2D eigenvalue weighted by Crippen LogP contribution is -2.44. The van der Waals surface area contributed by atoms with E-state index in [-0.39, 0.29) is 11.6 Å². The van der Waals surface area contributed by atoms with Gasteiger partial charge in [-0.3, -0.25) is 4.79 Å². The number of carbonyl (C=O) groups is 1. The fourth-order valence-corrected chi connectivity index (χ4v) is 4.19. The monoisotopic (exact) mass is 451 g/mol. The zero-order chi connectivity index (χ0) is 23.6. The van der Waals surface area contributed by atoms with Crippen LogP contribution in [0.4, 0.5) is 15.8 Å². The molecule has 4 nitrogen and oxygen atoms in total. The van der Waals surface area contributed by atoms with E-state index in [1.54, 1.807) is 12.1 Å². The van der Waals surface area contributed by atoms with Gasteiger partial charge in [0.1, 0.15) is 5.82 Å². The molecule has 0 aliphatic carbocycles. The molecule has 2 aromatic rings. The van der Waals surface area contributed by atoms with E-state index in [1.165, 1.54) is 12.1 Å². The van der Waals surface area contributed by atoms with Crippen molar-refractivity contribution in [2.45, 2.75) is 39.5 Å². The number of carbonyl (C=O) groups excluding carboxylic acids is 1. The minimum atomic E-state index is -0.297. The van der Waals surface area contributed by atoms with Gasteiger partial charge in [0, 0.05) is 61.8 Å². The number of hydrogen-bond donors (Lipinski definition) is 0. The molecule has 0 radical (unpaired) electrons. The molecule has 0 spiro atoms. The fourth-order valence-electron chi connectivity index (χ4n) is 4.19. The molecule has 33 heavy (non-hydrogen) atoms. The SMILES string of the molecule is CCCCN(CCCC)c1cccc(C(=O)/C=C/c2c(F)cccc2N2CCN(C)CC2)c1. The molecule has 0 N–H and O–H groups in total. The molecule has 178 valence electrons. The lowest BCUT2D eigenvalue weighted by molar-refractivity contribution is 0.104. The number of benzene rings is 2. The van der Waals surface area contributed by atoms with Crippen molar-refractivity contribution in [2.24, 2.45) is 0 Å². The molecule has 1 aliphatic heterocycles. The largest absolute Gasteiger partial charge is 0.372 e. The quantitative estimate of drug-likeness (QED) is 0.315. The van der Waals surface area contributed by atoms with E-state index in [4.69, 9.17) is 0 Å². The Bertz CT molecular complexity index is 926. The average molecular weight is 452 g/mol. The molecule has 0 unspecified atom stereocenters. The van der Waals surface area contributed by atoms with Crippen LogP contribution in [0.15, 0.2) is 48.5 Å². The van der Waals surface area contributed by atoms with Crippen molar-refractivity contribution in [3.05, 3.63) is 65.5 Å². The molecule has 1 saturated heterocycles. The van der Waals surface area contributed by atoms with Crippen molar-refractivity contribution in [1.29, 1.82) is 0 Å². The van der Waals surface area contributed by atoms with Gasteiger partial charge in [-0.25, -0.2) is 4.39 Å². The molecule has 5 heteroatoms. The molecule has 2 aromatic carbocycles. The third kappa shape index (κ3) is 6.91. The van der Waals surface area contributed by atoms with Crippen LogP contribution >= 0.6 is 0 Å². The highest BCUT2D eigenvalue weighted by Gasteiger charge is 2.18. The van der Waals surface area contributed by atoms with Crippen LogP contribution in [0.5, 0.6) is 0 Å². The summed E-state index contributed by atoms with van der Waals surface area (Å²) in [7, 11) is 2.10. The van der Waals surface area contributed by atoms with Crippen LogP contribution < -0.4 is 9.80 Å². The van der Waals surface area contributed by atoms with Gasteiger partial charge in [-0.2, -0.15) is 0 Å². The summed E-state index contributed by atoms with van der Waals surface area (Å²) >= 11 is 0. The highest BCUT2D eigenvalue weighted by molar-refractivity contribution is 6.07. The van der Waals surface area contributed by atoms with Gasteiger partial charge in [0.25, 0.3) is 0 Å². The van der Waals surface area contributed by atoms with E-state index in [2.05, 4.69) is 41.7 Å². The maximum atomic E-state index is 14.7. The van der Waals surface area contributed by atoms with Gasteiger partial charge in [-0.1, -0.05) is 44.9 Å². The summed E-state index contributed by atoms with van der Waals surface area (Å²) in [5.74, 6) is -0.398. The molecule has 1 heterocycles. The molecule has 0 atom stereocenters. The smallest absolute Gasteiger partial charge is 0.185 e. The zero-order valence-corrected chi connectivity index (χ0v) is 20.4. The lowest BCUT2D eigenvalue weighted by atomic mass is 10.1. The molecule has 1 aliphatic rings. The molecule has 0 aromatic heterocycles. The number of allylic oxidation sites excluding steroid dienone is 1. The Balaban J connectivity index is 1.79. The normalized spacial score (nSPS) is 14.7. The van der Waals surface area contributed by atoms with Gasteiger partial charge in [-0.05, 0) is 56.3 Å². The van der Waals surface area contributed by atoms with Crippen LogP contribution in [0.2, 0.25) is 0 Å². The van der Waals surface area contributed by atoms with Gasteiger partial charge in [0.15, 0.2) is 5.78 Å². The molecule has 0 saturated carbocycles. The van der Waals surface area contributed by atoms with Crippen molar-refractivity contribution in [1.82, 2.24) is 4.90 Å². The Morgan fingerprint density at radius 3 is 2.33 bits per heavy atom. The first-order valence-corrected chi connectivity index (χ1v) is 12.3. The molecular weight excluding hydrogens is 413 g/mol. The second kappa shape index (κ2) is 12.5. The van der Waals surface area contributed by atoms with Gasteiger partial charge in [0.2, 0.25) is 0 Å². The summed E-state index contributed by atoms with van der Waals surface area (Å²) in [6.45, 7) is 9.96. The van der Waals surface area contributed by atoms with Crippen LogP contribution in [0.3, 0.4) is 0 Å². The number of anilines is 2. The predicted octanol–water partition coefficient (Wildman–Crippen LogP) is 5.88. The van der Waals surface area contributed by atoms with Gasteiger partial charge >= 0.3 is 0 Å². The molecule has 1 fully saturated rings. The maximum Gasteiger partial charge on any atom is 0.185 e. The number of piperazine rings is 1. The Kier molecular flexibility index (Phi) is 9.49. The van der Waals surface area contributed by atoms with E-state index < -0.39 is 0 Å². The minimum absolute atomic E-state index is 0.102. The summed E-state index contributed by atoms with van der Waals surface area (Å²) in [6, 6.07) is 13.0. The molecule has 0 amide bonds. The van der Waals surface area contributed by atoms with Crippen LogP contribution in [0.25, 0.3) is 6.08 Å². The third-order valence-corrected chi connectivity index (χ3v) is 6.33. The van der Waals surface area contributed by atoms with Gasteiger partial charge in [0.05, 0.1) is 0 Å². The van der Waals surface area contributed by atoms with E-state index in [0.29, 0.717) is 11.1 Å². The summed E-state index contributed by atoms with van der Waals surface area (Å²) in [5.41, 5.74) is 3.06. The van der Waals surface area contributed by atoms with E-state index in [1.807, 2.05) is 24.3 Å². The Morgan fingerprint density at radius 2 is 1.67 bits per heavy atom. The summed E-state index contributed by atoms with van der Waals surface area (Å²) in [4.78, 5) is 19.9. The summed E-state index contributed by atoms with van der Waals surface area (Å²) < 4.78 is 14.7. The van der Waals surface area contributed by atoms with Crippen LogP contribution in [-0.2, 0) is 0 Å². The number of hydrogen-bond acceptors (Lipinski definition) is 4. The number of unbranched alkanes of at least 4 members (excludes halogenated alkanes) is 2. The Morgan fingerprint density at radius 1 is 1.00 bits per heavy atom. The Hall–Kier alpha value is -2.66. The second-order valence-corrected chi connectivity index (χ2v) is 8.91. The average Bonchev–Trinajstić information content (AvgIpc) is 2.83. The number of nitrogens with zero attached hydrogens (tertiary/aromatic N) is 3. The number of halogens is 1. The molecule has 0 bridgehead atoms. The summed E-state index contributed by atoms with van der Waals surface area (Å²) in [6.07, 6.45) is 7.70. The summed E-state index contributed by atoms with van der Waals surface area (Å²) in [5, 5.41) is 0. The first kappa shape index (κ1) is 25.0. The van der Waals surface area contributed by atoms with Crippen molar-refractivity contribution in [3.63, 3.8) is 0 Å². The zero-order valence-electron chi connectivity index (χ0n) is 20.4. The molecular formula is C28H38FN3O. The maximum absolute atomic E-state index is 14.7. The van der Waals surface area contributed by atoms with Crippen LogP contribution in [-0.4, -0.2) is 57.0 Å². The van der Waals surface area contributed by atoms with E-state index >= 15 is 0 Å². The first-order valence-electron chi connectivity index (χ1n) is 12.3. The van der Waals surface area contributed by atoms with Gasteiger partial charge < -0.3 is 14.7 Å². The molecule has 3 rings (SSSR count). The van der Waals surface area contributed by atoms with Crippen molar-refractivity contribution >= 4 is 23.2 Å². The number of rotatable bonds is 11. The van der Waals surface area contributed by atoms with Crippen molar-refractivity contribution < 1.29 is 9.18 Å².